The van der Waals surface area contributed by atoms with Crippen molar-refractivity contribution in [2.75, 3.05) is 0 Å². The van der Waals surface area contributed by atoms with Gasteiger partial charge in [-0.25, -0.2) is 9.48 Å². The summed E-state index contributed by atoms with van der Waals surface area (Å²) in [5.41, 5.74) is 5.86. The first-order chi connectivity index (χ1) is 8.09. The number of aromatic nitrogens is 3. The lowest BCUT2D eigenvalue weighted by Crippen LogP contribution is -2.11. The Morgan fingerprint density at radius 2 is 1.88 bits per heavy atom. The zero-order valence-electron chi connectivity index (χ0n) is 8.57. The molecule has 86 valence electrons. The largest absolute Gasteiger partial charge is 0.476 e. The van der Waals surface area contributed by atoms with Crippen LogP contribution in [0.25, 0.3) is 5.69 Å². The number of hydrogen-bond donors (Lipinski definition) is 2. The third-order valence-electron chi connectivity index (χ3n) is 2.16. The summed E-state index contributed by atoms with van der Waals surface area (Å²) in [6, 6.07) is 6.07. The van der Waals surface area contributed by atoms with Gasteiger partial charge in [0.15, 0.2) is 5.69 Å². The zero-order chi connectivity index (χ0) is 12.4. The van der Waals surface area contributed by atoms with Crippen molar-refractivity contribution in [1.29, 1.82) is 0 Å². The highest BCUT2D eigenvalue weighted by atomic mass is 16.4. The second kappa shape index (κ2) is 4.05. The lowest BCUT2D eigenvalue weighted by molar-refractivity contribution is 0.0686. The van der Waals surface area contributed by atoms with Crippen LogP contribution in [0.5, 0.6) is 0 Å². The molecule has 0 spiro atoms. The number of amides is 1. The summed E-state index contributed by atoms with van der Waals surface area (Å²) in [5.74, 6) is -1.68. The number of carbonyl (C=O) groups is 2. The van der Waals surface area contributed by atoms with Gasteiger partial charge in [-0.2, -0.15) is 0 Å². The normalized spacial score (nSPS) is 10.1. The van der Waals surface area contributed by atoms with Gasteiger partial charge in [-0.15, -0.1) is 5.10 Å². The van der Waals surface area contributed by atoms with Crippen molar-refractivity contribution in [2.24, 2.45) is 5.73 Å². The maximum absolute atomic E-state index is 10.9. The molecule has 17 heavy (non-hydrogen) atoms. The van der Waals surface area contributed by atoms with Crippen LogP contribution in [0.15, 0.2) is 30.5 Å². The zero-order valence-corrected chi connectivity index (χ0v) is 8.57. The van der Waals surface area contributed by atoms with Gasteiger partial charge in [-0.1, -0.05) is 5.21 Å². The third-order valence-corrected chi connectivity index (χ3v) is 2.16. The van der Waals surface area contributed by atoms with E-state index in [2.05, 4.69) is 10.3 Å². The second-order valence-corrected chi connectivity index (χ2v) is 3.25. The third kappa shape index (κ3) is 1.98. The predicted molar refractivity (Wildman–Crippen MR) is 56.8 cm³/mol. The Labute approximate surface area is 95.5 Å². The van der Waals surface area contributed by atoms with E-state index in [0.29, 0.717) is 11.3 Å². The molecule has 0 saturated heterocycles. The van der Waals surface area contributed by atoms with Crippen LogP contribution in [0.4, 0.5) is 0 Å². The van der Waals surface area contributed by atoms with Crippen LogP contribution in [0.3, 0.4) is 0 Å². The summed E-state index contributed by atoms with van der Waals surface area (Å²) in [7, 11) is 0. The quantitative estimate of drug-likeness (QED) is 0.777. The molecule has 0 fully saturated rings. The minimum atomic E-state index is -1.13. The van der Waals surface area contributed by atoms with E-state index in [9.17, 15) is 9.59 Å². The standard InChI is InChI=1S/C10H8N4O3/c11-9(15)6-1-3-7(4-2-6)14-8(10(16)17)5-12-13-14/h1-5H,(H2,11,15)(H,16,17). The van der Waals surface area contributed by atoms with Crippen molar-refractivity contribution in [3.63, 3.8) is 0 Å². The Kier molecular flexibility index (Phi) is 2.57. The van der Waals surface area contributed by atoms with Crippen LogP contribution >= 0.6 is 0 Å². The molecule has 2 aromatic rings. The average Bonchev–Trinajstić information content (AvgIpc) is 2.78. The Hall–Kier alpha value is -2.70. The van der Waals surface area contributed by atoms with Gasteiger partial charge < -0.3 is 10.8 Å². The highest BCUT2D eigenvalue weighted by molar-refractivity contribution is 5.93. The first kappa shape index (κ1) is 10.8. The molecular weight excluding hydrogens is 224 g/mol. The maximum Gasteiger partial charge on any atom is 0.356 e. The van der Waals surface area contributed by atoms with E-state index in [4.69, 9.17) is 10.8 Å². The minimum Gasteiger partial charge on any atom is -0.476 e. The van der Waals surface area contributed by atoms with Crippen molar-refractivity contribution >= 4 is 11.9 Å². The highest BCUT2D eigenvalue weighted by Gasteiger charge is 2.13. The molecule has 0 radical (unpaired) electrons. The molecule has 0 aliphatic rings. The lowest BCUT2D eigenvalue weighted by atomic mass is 10.2. The van der Waals surface area contributed by atoms with E-state index in [1.54, 1.807) is 12.1 Å². The molecule has 0 aliphatic heterocycles. The van der Waals surface area contributed by atoms with Gasteiger partial charge >= 0.3 is 5.97 Å². The number of hydrogen-bond acceptors (Lipinski definition) is 4. The van der Waals surface area contributed by atoms with Crippen molar-refractivity contribution < 1.29 is 14.7 Å². The SMILES string of the molecule is NC(=O)c1ccc(-n2nncc2C(=O)O)cc1. The monoisotopic (exact) mass is 232 g/mol. The molecule has 0 saturated carbocycles. The summed E-state index contributed by atoms with van der Waals surface area (Å²) in [4.78, 5) is 21.7. The van der Waals surface area contributed by atoms with E-state index >= 15 is 0 Å². The average molecular weight is 232 g/mol. The van der Waals surface area contributed by atoms with Crippen molar-refractivity contribution in [3.8, 4) is 5.69 Å². The number of carbonyl (C=O) groups excluding carboxylic acids is 1. The van der Waals surface area contributed by atoms with Crippen LogP contribution in [-0.2, 0) is 0 Å². The Bertz CT molecular complexity index is 573. The Balaban J connectivity index is 2.43. The first-order valence-corrected chi connectivity index (χ1v) is 4.64. The predicted octanol–water partition coefficient (Wildman–Crippen LogP) is 0.0644. The molecule has 1 heterocycles. The van der Waals surface area contributed by atoms with Gasteiger partial charge in [0.2, 0.25) is 5.91 Å². The smallest absolute Gasteiger partial charge is 0.356 e. The van der Waals surface area contributed by atoms with Crippen molar-refractivity contribution in [1.82, 2.24) is 15.0 Å². The van der Waals surface area contributed by atoms with Gasteiger partial charge in [0.1, 0.15) is 0 Å². The van der Waals surface area contributed by atoms with Crippen LogP contribution in [0, 0.1) is 0 Å². The molecule has 0 unspecified atom stereocenters. The molecule has 7 heteroatoms. The van der Waals surface area contributed by atoms with Crippen molar-refractivity contribution in [2.45, 2.75) is 0 Å². The van der Waals surface area contributed by atoms with Gasteiger partial charge in [0.05, 0.1) is 11.9 Å². The van der Waals surface area contributed by atoms with Gasteiger partial charge in [-0.05, 0) is 24.3 Å². The topological polar surface area (TPSA) is 111 Å². The first-order valence-electron chi connectivity index (χ1n) is 4.64. The van der Waals surface area contributed by atoms with E-state index < -0.39 is 11.9 Å². The number of carboxylic acids is 1. The van der Waals surface area contributed by atoms with Gasteiger partial charge in [0, 0.05) is 5.56 Å². The summed E-state index contributed by atoms with van der Waals surface area (Å²) in [5, 5.41) is 16.1. The highest BCUT2D eigenvalue weighted by Crippen LogP contribution is 2.10. The lowest BCUT2D eigenvalue weighted by Gasteiger charge is -2.03. The number of nitrogens with zero attached hydrogens (tertiary/aromatic N) is 3. The number of carboxylic acid groups (broad SMARTS) is 1. The molecular formula is C10H8N4O3. The molecule has 7 nitrogen and oxygen atoms in total. The minimum absolute atomic E-state index is 0.0585. The Morgan fingerprint density at radius 1 is 1.24 bits per heavy atom. The molecule has 0 bridgehead atoms. The Morgan fingerprint density at radius 3 is 2.41 bits per heavy atom. The number of rotatable bonds is 3. The fourth-order valence-electron chi connectivity index (χ4n) is 1.34. The number of benzene rings is 1. The van der Waals surface area contributed by atoms with Gasteiger partial charge in [0.25, 0.3) is 0 Å². The van der Waals surface area contributed by atoms with Crippen LogP contribution < -0.4 is 5.73 Å². The fraction of sp³-hybridized carbons (Fsp3) is 0. The summed E-state index contributed by atoms with van der Waals surface area (Å²) < 4.78 is 1.16. The fourth-order valence-corrected chi connectivity index (χ4v) is 1.34. The molecule has 1 amide bonds. The van der Waals surface area contributed by atoms with E-state index in [0.717, 1.165) is 10.9 Å². The van der Waals surface area contributed by atoms with E-state index in [1.807, 2.05) is 0 Å². The second-order valence-electron chi connectivity index (χ2n) is 3.25. The van der Waals surface area contributed by atoms with E-state index in [-0.39, 0.29) is 5.69 Å². The summed E-state index contributed by atoms with van der Waals surface area (Å²) >= 11 is 0. The molecule has 0 aliphatic carbocycles. The number of primary amides is 1. The number of aromatic carboxylic acids is 1. The van der Waals surface area contributed by atoms with Crippen molar-refractivity contribution in [3.05, 3.63) is 41.7 Å². The summed E-state index contributed by atoms with van der Waals surface area (Å²) in [6.07, 6.45) is 1.14. The van der Waals surface area contributed by atoms with Crippen LogP contribution in [0.1, 0.15) is 20.8 Å². The summed E-state index contributed by atoms with van der Waals surface area (Å²) in [6.45, 7) is 0. The molecule has 1 aromatic heterocycles. The van der Waals surface area contributed by atoms with E-state index in [1.165, 1.54) is 12.1 Å². The molecule has 0 atom stereocenters. The number of nitrogens with two attached hydrogens (primary N) is 1. The van der Waals surface area contributed by atoms with Crippen LogP contribution in [-0.4, -0.2) is 32.0 Å². The maximum atomic E-state index is 10.9. The van der Waals surface area contributed by atoms with Crippen LogP contribution in [0.2, 0.25) is 0 Å². The molecule has 1 aromatic carbocycles. The molecule has 3 N–H and O–H groups in total. The van der Waals surface area contributed by atoms with Gasteiger partial charge in [-0.3, -0.25) is 4.79 Å². The molecule has 2 rings (SSSR count).